The molecule has 70 heavy (non-hydrogen) atoms. The number of ether oxygens (including phenoxy) is 4. The van der Waals surface area contributed by atoms with Gasteiger partial charge in [-0.15, -0.1) is 0 Å². The van der Waals surface area contributed by atoms with Crippen molar-refractivity contribution < 1.29 is 51.6 Å². The highest BCUT2D eigenvalue weighted by atomic mass is 32.3. The molecule has 0 aliphatic carbocycles. The predicted octanol–water partition coefficient (Wildman–Crippen LogP) is 9.33. The van der Waals surface area contributed by atoms with Crippen LogP contribution in [0.5, 0.6) is 0 Å². The number of nitrogens with zero attached hydrogens (tertiary/aromatic N) is 3. The molecule has 0 spiro atoms. The number of H-pyrrole nitrogens is 3. The average molecular weight is 1090 g/mol. The number of hydrogen-bond acceptors (Lipinski definition) is 14. The Labute approximate surface area is 442 Å². The van der Waals surface area contributed by atoms with Crippen molar-refractivity contribution in [3.05, 3.63) is 54.7 Å². The maximum absolute atomic E-state index is 10.2. The molecule has 0 radical (unpaired) electrons. The molecule has 16 nitrogen and oxygen atoms in total. The Morgan fingerprint density at radius 2 is 1.01 bits per heavy atom. The molecule has 0 bridgehead atoms. The summed E-state index contributed by atoms with van der Waals surface area (Å²) in [6.07, 6.45) is 18.0. The largest absolute Gasteiger partial charge is 0.481 e. The van der Waals surface area contributed by atoms with Gasteiger partial charge >= 0.3 is 5.97 Å². The number of nitrogens with two attached hydrogens (primary N) is 1. The number of rotatable bonds is 37. The van der Waals surface area contributed by atoms with Gasteiger partial charge in [0.1, 0.15) is 30.6 Å². The van der Waals surface area contributed by atoms with Crippen LogP contribution in [0.4, 0.5) is 0 Å². The topological polar surface area (TPSA) is 229 Å². The fourth-order valence-electron chi connectivity index (χ4n) is 5.14. The van der Waals surface area contributed by atoms with E-state index < -0.39 is 16.8 Å². The Morgan fingerprint density at radius 3 is 1.34 bits per heavy atom. The zero-order chi connectivity index (χ0) is 52.7. The van der Waals surface area contributed by atoms with E-state index in [0.717, 1.165) is 127 Å². The van der Waals surface area contributed by atoms with E-state index in [2.05, 4.69) is 84.5 Å². The SMILES string of the molecule is CC(C)COCCCSCCC(=O)O.CC(C)COCCCSCCN.CC(C)COCCCSCCS(O)(O)O.CC(C)COCCCSCCc1ncc[nH]1.C[n+]1cc[nH]c1Cc1[nH]cc[n+]1C. The lowest BCUT2D eigenvalue weighted by Crippen LogP contribution is -2.35. The molecule has 3 rings (SSSR count). The summed E-state index contributed by atoms with van der Waals surface area (Å²) in [6, 6.07) is 0. The maximum atomic E-state index is 10.2. The molecule has 0 aliphatic heterocycles. The van der Waals surface area contributed by atoms with Crippen LogP contribution in [-0.2, 0) is 50.7 Å². The summed E-state index contributed by atoms with van der Waals surface area (Å²) in [6.45, 7) is 24.7. The van der Waals surface area contributed by atoms with Crippen molar-refractivity contribution in [2.24, 2.45) is 43.5 Å². The molecule has 3 aromatic heterocycles. The molecule has 3 heterocycles. The Morgan fingerprint density at radius 1 is 0.614 bits per heavy atom. The number of nitrogens with one attached hydrogen (secondary N) is 3. The summed E-state index contributed by atoms with van der Waals surface area (Å²) in [5.41, 5.74) is 5.36. The first-order chi connectivity index (χ1) is 33.4. The summed E-state index contributed by atoms with van der Waals surface area (Å²) in [5.74, 6) is 13.0. The van der Waals surface area contributed by atoms with Crippen LogP contribution in [0.15, 0.2) is 37.2 Å². The second-order valence-corrected chi connectivity index (χ2v) is 24.6. The van der Waals surface area contributed by atoms with E-state index in [4.69, 9.17) is 43.4 Å². The van der Waals surface area contributed by atoms with Gasteiger partial charge in [0, 0.05) is 101 Å². The number of thioether (sulfide) groups is 4. The first-order valence-electron chi connectivity index (χ1n) is 24.9. The number of hydrogen-bond donors (Lipinski definition) is 8. The van der Waals surface area contributed by atoms with Crippen LogP contribution >= 0.6 is 57.9 Å². The summed E-state index contributed by atoms with van der Waals surface area (Å²) in [5, 5.41) is 8.38. The van der Waals surface area contributed by atoms with Crippen LogP contribution in [-0.4, -0.2) is 156 Å². The monoisotopic (exact) mass is 1090 g/mol. The molecular formula is C49H99N7O9S5+2. The molecule has 0 amide bonds. The molecule has 0 saturated carbocycles. The van der Waals surface area contributed by atoms with E-state index >= 15 is 0 Å². The minimum atomic E-state index is -3.28. The van der Waals surface area contributed by atoms with Gasteiger partial charge in [-0.3, -0.25) is 4.79 Å². The van der Waals surface area contributed by atoms with Gasteiger partial charge in [-0.25, -0.2) is 24.1 Å². The van der Waals surface area contributed by atoms with E-state index in [1.807, 2.05) is 68.6 Å². The summed E-state index contributed by atoms with van der Waals surface area (Å²) in [4.78, 5) is 23.9. The van der Waals surface area contributed by atoms with Crippen molar-refractivity contribution in [3.8, 4) is 0 Å². The predicted molar refractivity (Wildman–Crippen MR) is 301 cm³/mol. The zero-order valence-corrected chi connectivity index (χ0v) is 48.8. The Hall–Kier alpha value is -1.47. The average Bonchev–Trinajstić information content (AvgIpc) is 4.07. The van der Waals surface area contributed by atoms with Gasteiger partial charge in [0.25, 0.3) is 11.6 Å². The third-order valence-corrected chi connectivity index (χ3v) is 14.0. The number of aromatic amines is 3. The van der Waals surface area contributed by atoms with Crippen molar-refractivity contribution in [1.82, 2.24) is 19.9 Å². The molecule has 0 fully saturated rings. The summed E-state index contributed by atoms with van der Waals surface area (Å²) in [7, 11) is 0.788. The quantitative estimate of drug-likeness (QED) is 0.0199. The van der Waals surface area contributed by atoms with Gasteiger partial charge in [0.2, 0.25) is 0 Å². The van der Waals surface area contributed by atoms with E-state index in [-0.39, 0.29) is 12.2 Å². The lowest BCUT2D eigenvalue weighted by atomic mass is 10.2. The molecule has 9 N–H and O–H groups in total. The summed E-state index contributed by atoms with van der Waals surface area (Å²) < 4.78 is 51.9. The fourth-order valence-corrected chi connectivity index (χ4v) is 9.43. The number of aromatic nitrogens is 6. The van der Waals surface area contributed by atoms with Crippen molar-refractivity contribution in [1.29, 1.82) is 0 Å². The number of aryl methyl sites for hydroxylation is 3. The molecule has 0 saturated heterocycles. The number of carbonyl (C=O) groups is 1. The lowest BCUT2D eigenvalue weighted by molar-refractivity contribution is -0.690. The van der Waals surface area contributed by atoms with Gasteiger partial charge in [-0.05, 0) is 72.4 Å². The van der Waals surface area contributed by atoms with Crippen LogP contribution in [0.1, 0.15) is 105 Å². The van der Waals surface area contributed by atoms with E-state index in [9.17, 15) is 4.79 Å². The molecule has 412 valence electrons. The highest BCUT2D eigenvalue weighted by Crippen LogP contribution is 2.32. The van der Waals surface area contributed by atoms with Crippen molar-refractivity contribution in [2.75, 3.05) is 111 Å². The van der Waals surface area contributed by atoms with Crippen molar-refractivity contribution in [2.45, 2.75) is 100 Å². The van der Waals surface area contributed by atoms with E-state index in [1.165, 1.54) is 23.2 Å². The molecule has 0 atom stereocenters. The van der Waals surface area contributed by atoms with Gasteiger partial charge in [0.05, 0.1) is 37.1 Å². The van der Waals surface area contributed by atoms with Crippen molar-refractivity contribution in [3.63, 3.8) is 0 Å². The third-order valence-electron chi connectivity index (χ3n) is 8.66. The number of imidazole rings is 3. The molecule has 3 aromatic rings. The third kappa shape index (κ3) is 54.3. The Balaban J connectivity index is 0. The molecule has 0 aliphatic rings. The van der Waals surface area contributed by atoms with Crippen LogP contribution in [0, 0.1) is 23.7 Å². The van der Waals surface area contributed by atoms with E-state index in [1.54, 1.807) is 29.7 Å². The Kier molecular flexibility index (Phi) is 50.2. The molecular weight excluding hydrogens is 991 g/mol. The van der Waals surface area contributed by atoms with Crippen LogP contribution in [0.25, 0.3) is 0 Å². The maximum Gasteiger partial charge on any atom is 0.304 e. The van der Waals surface area contributed by atoms with Crippen LogP contribution in [0.2, 0.25) is 0 Å². The van der Waals surface area contributed by atoms with Gasteiger partial charge in [-0.1, -0.05) is 55.4 Å². The Bertz CT molecular complexity index is 1500. The highest BCUT2D eigenvalue weighted by Gasteiger charge is 2.15. The second-order valence-electron chi connectivity index (χ2n) is 18.0. The first-order valence-corrected chi connectivity index (χ1v) is 31.2. The smallest absolute Gasteiger partial charge is 0.304 e. The van der Waals surface area contributed by atoms with Crippen LogP contribution < -0.4 is 14.9 Å². The standard InChI is InChI=1S/C12H22N2OS.C10H20O3S.C9H12N4.C9H21NOS.C9H22O4S2/c1-11(2)10-15-7-3-8-16-9-4-12-13-5-6-14-12;1-9(2)8-13-5-3-6-14-7-4-10(11)12;1-12-5-3-10-8(12)7-9-11-4-6-13(9)2;1-9(2)8-11-5-3-6-12-7-4-10;1-9(2)8-13-4-3-5-14-6-7-15(10,11)12/h5-6,11H,3-4,7-10H2,1-2H3,(H,13,14);9H,3-8H2,1-2H3,(H,11,12);3-6H,7H2,1-2H3;9H,3-8,10H2,1-2H3;9-12H,3-8H2,1-2H3/p+2. The molecule has 21 heteroatoms. The summed E-state index contributed by atoms with van der Waals surface area (Å²) >= 11 is 7.16. The fraction of sp³-hybridized carbons (Fsp3) is 0.796. The minimum absolute atomic E-state index is 0.0600. The highest BCUT2D eigenvalue weighted by molar-refractivity contribution is 8.19. The number of aliphatic carboxylic acids is 1. The minimum Gasteiger partial charge on any atom is -0.481 e. The molecule has 0 aromatic carbocycles. The van der Waals surface area contributed by atoms with Gasteiger partial charge in [0.15, 0.2) is 6.42 Å². The second kappa shape index (κ2) is 49.7. The zero-order valence-electron chi connectivity index (χ0n) is 44.7. The lowest BCUT2D eigenvalue weighted by Gasteiger charge is -2.18. The van der Waals surface area contributed by atoms with Gasteiger partial charge < -0.3 is 48.4 Å². The van der Waals surface area contributed by atoms with Crippen LogP contribution in [0.3, 0.4) is 0 Å². The van der Waals surface area contributed by atoms with Gasteiger partial charge in [-0.2, -0.15) is 47.0 Å². The molecule has 0 unspecified atom stereocenters. The van der Waals surface area contributed by atoms with Crippen molar-refractivity contribution >= 4 is 63.9 Å². The normalized spacial score (nSPS) is 11.5. The number of carboxylic acids is 1. The van der Waals surface area contributed by atoms with E-state index in [0.29, 0.717) is 35.2 Å². The first kappa shape index (κ1) is 70.6. The number of carboxylic acid groups (broad SMARTS) is 1.